The van der Waals surface area contributed by atoms with Gasteiger partial charge in [-0.15, -0.1) is 0 Å². The van der Waals surface area contributed by atoms with Crippen LogP contribution < -0.4 is 10.6 Å². The lowest BCUT2D eigenvalue weighted by molar-refractivity contribution is -0.139. The summed E-state index contributed by atoms with van der Waals surface area (Å²) in [7, 11) is 4.88. The molecule has 2 rings (SSSR count). The summed E-state index contributed by atoms with van der Waals surface area (Å²) in [6, 6.07) is 7.06. The molecule has 0 bridgehead atoms. The van der Waals surface area contributed by atoms with Crippen molar-refractivity contribution in [2.24, 2.45) is 5.73 Å². The number of methoxy groups -OCH3 is 1. The molecular formula is C20H23N3O5. The highest BCUT2D eigenvalue weighted by molar-refractivity contribution is 5.97. The van der Waals surface area contributed by atoms with Gasteiger partial charge in [-0.2, -0.15) is 5.26 Å². The molecule has 1 unspecified atom stereocenters. The monoisotopic (exact) mass is 385 g/mol. The van der Waals surface area contributed by atoms with E-state index in [1.807, 2.05) is 6.07 Å². The predicted molar refractivity (Wildman–Crippen MR) is 102 cm³/mol. The first-order chi connectivity index (χ1) is 13.3. The van der Waals surface area contributed by atoms with Gasteiger partial charge in [0.1, 0.15) is 17.4 Å². The second-order valence-corrected chi connectivity index (χ2v) is 6.28. The number of allylic oxidation sites excluding steroid dienone is 2. The average molecular weight is 385 g/mol. The lowest BCUT2D eigenvalue weighted by Crippen LogP contribution is -2.26. The van der Waals surface area contributed by atoms with Gasteiger partial charge in [-0.3, -0.25) is 0 Å². The van der Waals surface area contributed by atoms with Crippen LogP contribution in [0.5, 0.6) is 0 Å². The van der Waals surface area contributed by atoms with E-state index in [-0.39, 0.29) is 29.4 Å². The number of nitriles is 1. The molecule has 0 radical (unpaired) electrons. The molecule has 0 aliphatic carbocycles. The van der Waals surface area contributed by atoms with Crippen LogP contribution in [0.4, 0.5) is 5.69 Å². The van der Waals surface area contributed by atoms with Crippen LogP contribution in [0, 0.1) is 11.3 Å². The number of esters is 2. The van der Waals surface area contributed by atoms with E-state index in [9.17, 15) is 14.9 Å². The molecule has 2 N–H and O–H groups in total. The fourth-order valence-corrected chi connectivity index (χ4v) is 3.08. The molecule has 1 aromatic rings. The first kappa shape index (κ1) is 20.8. The van der Waals surface area contributed by atoms with Crippen molar-refractivity contribution in [1.82, 2.24) is 0 Å². The second-order valence-electron chi connectivity index (χ2n) is 6.28. The number of benzene rings is 1. The molecule has 1 aliphatic heterocycles. The summed E-state index contributed by atoms with van der Waals surface area (Å²) in [6.45, 7) is 3.43. The van der Waals surface area contributed by atoms with Crippen LogP contribution in [-0.2, 0) is 19.0 Å². The van der Waals surface area contributed by atoms with Crippen molar-refractivity contribution in [3.05, 3.63) is 52.1 Å². The highest BCUT2D eigenvalue weighted by Crippen LogP contribution is 2.40. The van der Waals surface area contributed by atoms with Gasteiger partial charge < -0.3 is 24.8 Å². The predicted octanol–water partition coefficient (Wildman–Crippen LogP) is 2.18. The fourth-order valence-electron chi connectivity index (χ4n) is 3.08. The van der Waals surface area contributed by atoms with Gasteiger partial charge >= 0.3 is 11.9 Å². The maximum absolute atomic E-state index is 12.6. The van der Waals surface area contributed by atoms with E-state index in [2.05, 4.69) is 0 Å². The number of hydrogen-bond donors (Lipinski definition) is 1. The van der Waals surface area contributed by atoms with Gasteiger partial charge in [0, 0.05) is 14.1 Å². The van der Waals surface area contributed by atoms with Crippen molar-refractivity contribution in [2.75, 3.05) is 32.7 Å². The molecule has 28 heavy (non-hydrogen) atoms. The summed E-state index contributed by atoms with van der Waals surface area (Å²) in [6.07, 6.45) is 0. The van der Waals surface area contributed by atoms with Crippen LogP contribution >= 0.6 is 0 Å². The maximum Gasteiger partial charge on any atom is 0.339 e. The zero-order valence-corrected chi connectivity index (χ0v) is 16.5. The SMILES string of the molecule is CCOC(=O)C1=C(C)OC(N)=C(C#N)C1c1ccc(N(C)C)c(C(=O)OC)c1. The third-order valence-electron chi connectivity index (χ3n) is 4.34. The maximum atomic E-state index is 12.6. The molecule has 8 nitrogen and oxygen atoms in total. The lowest BCUT2D eigenvalue weighted by Gasteiger charge is -2.27. The number of ether oxygens (including phenoxy) is 3. The fraction of sp³-hybridized carbons (Fsp3) is 0.350. The van der Waals surface area contributed by atoms with Gasteiger partial charge in [-0.25, -0.2) is 9.59 Å². The van der Waals surface area contributed by atoms with Gasteiger partial charge in [-0.05, 0) is 31.5 Å². The van der Waals surface area contributed by atoms with Crippen molar-refractivity contribution < 1.29 is 23.8 Å². The Labute approximate surface area is 163 Å². The average Bonchev–Trinajstić information content (AvgIpc) is 2.66. The van der Waals surface area contributed by atoms with E-state index in [0.29, 0.717) is 16.8 Å². The molecule has 0 spiro atoms. The van der Waals surface area contributed by atoms with Gasteiger partial charge in [0.25, 0.3) is 0 Å². The molecule has 0 saturated heterocycles. The van der Waals surface area contributed by atoms with Crippen LogP contribution in [0.3, 0.4) is 0 Å². The van der Waals surface area contributed by atoms with Crippen LogP contribution in [0.25, 0.3) is 0 Å². The summed E-state index contributed by atoms with van der Waals surface area (Å²) in [5.74, 6) is -1.81. The van der Waals surface area contributed by atoms with Crippen molar-refractivity contribution in [1.29, 1.82) is 5.26 Å². The number of carbonyl (C=O) groups is 2. The van der Waals surface area contributed by atoms with E-state index < -0.39 is 17.9 Å². The van der Waals surface area contributed by atoms with Crippen LogP contribution in [0.1, 0.15) is 35.7 Å². The van der Waals surface area contributed by atoms with Crippen molar-refractivity contribution in [3.8, 4) is 6.07 Å². The minimum absolute atomic E-state index is 0.0714. The van der Waals surface area contributed by atoms with Crippen molar-refractivity contribution in [2.45, 2.75) is 19.8 Å². The molecule has 1 aromatic carbocycles. The number of nitrogens with zero attached hydrogens (tertiary/aromatic N) is 2. The first-order valence-electron chi connectivity index (χ1n) is 8.61. The third-order valence-corrected chi connectivity index (χ3v) is 4.34. The Hall–Kier alpha value is -3.47. The molecule has 1 heterocycles. The molecule has 8 heteroatoms. The van der Waals surface area contributed by atoms with E-state index >= 15 is 0 Å². The van der Waals surface area contributed by atoms with Gasteiger partial charge in [0.2, 0.25) is 5.88 Å². The first-order valence-corrected chi connectivity index (χ1v) is 8.61. The standard InChI is InChI=1S/C20H23N3O5/c1-6-27-20(25)16-11(2)28-18(22)14(10-21)17(16)12-7-8-15(23(3)4)13(9-12)19(24)26-5/h7-9,17H,6,22H2,1-5H3. The quantitative estimate of drug-likeness (QED) is 0.767. The zero-order chi connectivity index (χ0) is 21.0. The Morgan fingerprint density at radius 3 is 2.54 bits per heavy atom. The normalized spacial score (nSPS) is 16.2. The van der Waals surface area contributed by atoms with Crippen LogP contribution in [0.2, 0.25) is 0 Å². The van der Waals surface area contributed by atoms with E-state index in [0.717, 1.165) is 0 Å². The molecule has 0 fully saturated rings. The molecule has 0 saturated carbocycles. The van der Waals surface area contributed by atoms with Crippen molar-refractivity contribution in [3.63, 3.8) is 0 Å². The topological polar surface area (TPSA) is 115 Å². The van der Waals surface area contributed by atoms with E-state index in [1.54, 1.807) is 51.0 Å². The molecule has 1 atom stereocenters. The summed E-state index contributed by atoms with van der Waals surface area (Å²) >= 11 is 0. The summed E-state index contributed by atoms with van der Waals surface area (Å²) in [5.41, 5.74) is 7.59. The Morgan fingerprint density at radius 1 is 1.32 bits per heavy atom. The van der Waals surface area contributed by atoms with Crippen LogP contribution in [0.15, 0.2) is 41.0 Å². The summed E-state index contributed by atoms with van der Waals surface area (Å²) < 4.78 is 15.4. The molecule has 0 amide bonds. The summed E-state index contributed by atoms with van der Waals surface area (Å²) in [4.78, 5) is 26.6. The largest absolute Gasteiger partial charge is 0.465 e. The Kier molecular flexibility index (Phi) is 6.31. The second kappa shape index (κ2) is 8.48. The number of anilines is 1. The van der Waals surface area contributed by atoms with E-state index in [1.165, 1.54) is 7.11 Å². The molecule has 1 aliphatic rings. The number of hydrogen-bond acceptors (Lipinski definition) is 8. The highest BCUT2D eigenvalue weighted by Gasteiger charge is 2.36. The Morgan fingerprint density at radius 2 is 2.00 bits per heavy atom. The van der Waals surface area contributed by atoms with Crippen LogP contribution in [-0.4, -0.2) is 39.8 Å². The molecular weight excluding hydrogens is 362 g/mol. The minimum Gasteiger partial charge on any atom is -0.465 e. The Balaban J connectivity index is 2.72. The summed E-state index contributed by atoms with van der Waals surface area (Å²) in [5, 5.41) is 9.63. The van der Waals surface area contributed by atoms with Gasteiger partial charge in [0.05, 0.1) is 36.5 Å². The van der Waals surface area contributed by atoms with Gasteiger partial charge in [0.15, 0.2) is 0 Å². The minimum atomic E-state index is -0.822. The zero-order valence-electron chi connectivity index (χ0n) is 16.5. The molecule has 148 valence electrons. The number of nitrogens with two attached hydrogens (primary N) is 1. The molecule has 0 aromatic heterocycles. The van der Waals surface area contributed by atoms with E-state index in [4.69, 9.17) is 19.9 Å². The highest BCUT2D eigenvalue weighted by atomic mass is 16.5. The Bertz CT molecular complexity index is 909. The van der Waals surface area contributed by atoms with Crippen molar-refractivity contribution >= 4 is 17.6 Å². The smallest absolute Gasteiger partial charge is 0.339 e. The third kappa shape index (κ3) is 3.78. The number of rotatable bonds is 5. The van der Waals surface area contributed by atoms with Gasteiger partial charge in [-0.1, -0.05) is 6.07 Å². The number of carbonyl (C=O) groups excluding carboxylic acids is 2. The lowest BCUT2D eigenvalue weighted by atomic mass is 9.82.